The molecule has 3 rings (SSSR count). The number of pyridine rings is 1. The van der Waals surface area contributed by atoms with Crippen molar-refractivity contribution in [3.05, 3.63) is 51.1 Å². The Morgan fingerprint density at radius 2 is 1.82 bits per heavy atom. The first-order valence-corrected chi connectivity index (χ1v) is 7.72. The number of nitro groups is 1. The Kier molecular flexibility index (Phi) is 5.00. The molecular weight excluding hydrogens is 407 g/mol. The average molecular weight is 416 g/mol. The predicted molar refractivity (Wildman–Crippen MR) is 90.7 cm³/mol. The summed E-state index contributed by atoms with van der Waals surface area (Å²) in [6, 6.07) is 2.12. The molecule has 0 aliphatic heterocycles. The van der Waals surface area contributed by atoms with Gasteiger partial charge < -0.3 is 15.2 Å². The zero-order chi connectivity index (χ0) is 20.5. The molecule has 146 valence electrons. The first-order valence-electron chi connectivity index (χ1n) is 7.34. The number of halogens is 4. The van der Waals surface area contributed by atoms with Gasteiger partial charge in [0.05, 0.1) is 15.5 Å². The van der Waals surface area contributed by atoms with Crippen molar-refractivity contribution >= 4 is 40.6 Å². The number of anilines is 4. The number of hydrogen-bond donors (Lipinski definition) is 2. The third-order valence-corrected chi connectivity index (χ3v) is 3.57. The Bertz CT molecular complexity index is 1040. The van der Waals surface area contributed by atoms with Gasteiger partial charge in [-0.15, -0.1) is 0 Å². The maximum absolute atomic E-state index is 12.7. The molecule has 0 atom stereocenters. The van der Waals surface area contributed by atoms with Crippen molar-refractivity contribution < 1.29 is 22.6 Å². The molecule has 3 aromatic heterocycles. The van der Waals surface area contributed by atoms with Gasteiger partial charge in [-0.2, -0.15) is 13.2 Å². The number of alkyl halides is 3. The molecule has 3 heterocycles. The predicted octanol–water partition coefficient (Wildman–Crippen LogP) is 4.24. The van der Waals surface area contributed by atoms with E-state index in [9.17, 15) is 23.3 Å². The molecule has 2 N–H and O–H groups in total. The van der Waals surface area contributed by atoms with Crippen molar-refractivity contribution in [2.24, 2.45) is 0 Å². The molecule has 0 aliphatic carbocycles. The second kappa shape index (κ2) is 7.26. The Labute approximate surface area is 158 Å². The molecule has 0 aromatic carbocycles. The van der Waals surface area contributed by atoms with Gasteiger partial charge in [0, 0.05) is 12.3 Å². The molecule has 3 aromatic rings. The summed E-state index contributed by atoms with van der Waals surface area (Å²) in [6.45, 7) is 1.62. The number of rotatable bonds is 5. The fraction of sp³-hybridized carbons (Fsp3) is 0.143. The monoisotopic (exact) mass is 415 g/mol. The van der Waals surface area contributed by atoms with E-state index in [1.165, 1.54) is 6.07 Å². The highest BCUT2D eigenvalue weighted by Crippen LogP contribution is 2.36. The number of aryl methyl sites for hydroxylation is 1. The highest BCUT2D eigenvalue weighted by atomic mass is 35.5. The summed E-state index contributed by atoms with van der Waals surface area (Å²) in [4.78, 5) is 21.8. The van der Waals surface area contributed by atoms with Crippen LogP contribution in [0.25, 0.3) is 0 Å². The fourth-order valence-electron chi connectivity index (χ4n) is 2.08. The van der Waals surface area contributed by atoms with Crippen LogP contribution in [0, 0.1) is 17.0 Å². The van der Waals surface area contributed by atoms with E-state index < -0.39 is 27.4 Å². The van der Waals surface area contributed by atoms with E-state index in [0.29, 0.717) is 18.0 Å². The summed E-state index contributed by atoms with van der Waals surface area (Å²) in [5.74, 6) is -0.190. The Balaban J connectivity index is 1.96. The normalized spacial score (nSPS) is 11.3. The highest BCUT2D eigenvalue weighted by molar-refractivity contribution is 6.33. The third-order valence-electron chi connectivity index (χ3n) is 3.28. The van der Waals surface area contributed by atoms with Crippen molar-refractivity contribution in [3.63, 3.8) is 0 Å². The lowest BCUT2D eigenvalue weighted by Crippen LogP contribution is -2.08. The van der Waals surface area contributed by atoms with Gasteiger partial charge in [0.15, 0.2) is 11.6 Å². The molecule has 0 spiro atoms. The first kappa shape index (κ1) is 19.3. The number of nitrogens with one attached hydrogen (secondary N) is 2. The molecule has 10 nitrogen and oxygen atoms in total. The van der Waals surface area contributed by atoms with Gasteiger partial charge in [-0.05, 0) is 13.0 Å². The average Bonchev–Trinajstić information content (AvgIpc) is 3.00. The van der Waals surface area contributed by atoms with Crippen LogP contribution in [0.5, 0.6) is 0 Å². The van der Waals surface area contributed by atoms with Gasteiger partial charge in [-0.1, -0.05) is 16.8 Å². The molecule has 0 saturated carbocycles. The van der Waals surface area contributed by atoms with Crippen LogP contribution in [0.3, 0.4) is 0 Å². The smallest absolute Gasteiger partial charge is 0.360 e. The number of aromatic nitrogens is 4. The Morgan fingerprint density at radius 3 is 2.36 bits per heavy atom. The molecule has 0 aliphatic rings. The Morgan fingerprint density at radius 1 is 1.14 bits per heavy atom. The van der Waals surface area contributed by atoms with Gasteiger partial charge in [0.2, 0.25) is 11.6 Å². The lowest BCUT2D eigenvalue weighted by Gasteiger charge is -2.11. The van der Waals surface area contributed by atoms with E-state index in [2.05, 4.69) is 30.7 Å². The molecule has 0 saturated heterocycles. The molecule has 14 heteroatoms. The fourth-order valence-corrected chi connectivity index (χ4v) is 2.29. The topological polar surface area (TPSA) is 132 Å². The highest BCUT2D eigenvalue weighted by Gasteiger charge is 2.32. The summed E-state index contributed by atoms with van der Waals surface area (Å²) >= 11 is 5.81. The van der Waals surface area contributed by atoms with E-state index in [4.69, 9.17) is 16.1 Å². The molecule has 28 heavy (non-hydrogen) atoms. The number of nitrogens with zero attached hydrogens (tertiary/aromatic N) is 5. The van der Waals surface area contributed by atoms with Crippen molar-refractivity contribution in [1.82, 2.24) is 20.1 Å². The molecule has 0 amide bonds. The van der Waals surface area contributed by atoms with Crippen LogP contribution < -0.4 is 10.6 Å². The lowest BCUT2D eigenvalue weighted by molar-refractivity contribution is -0.383. The van der Waals surface area contributed by atoms with E-state index in [-0.39, 0.29) is 23.3 Å². The summed E-state index contributed by atoms with van der Waals surface area (Å²) in [7, 11) is 0. The van der Waals surface area contributed by atoms with Crippen LogP contribution >= 0.6 is 11.6 Å². The summed E-state index contributed by atoms with van der Waals surface area (Å²) in [5.41, 5.74) is -1.66. The minimum Gasteiger partial charge on any atom is -0.360 e. The van der Waals surface area contributed by atoms with E-state index >= 15 is 0 Å². The maximum Gasteiger partial charge on any atom is 0.417 e. The SMILES string of the molecule is Cc1cc(Nc2ncnc(Nc3ncc(C(F)(F)F)cc3Cl)c2[N+](=O)[O-])no1. The summed E-state index contributed by atoms with van der Waals surface area (Å²) in [5, 5.41) is 19.8. The lowest BCUT2D eigenvalue weighted by atomic mass is 10.2. The van der Waals surface area contributed by atoms with Crippen LogP contribution in [0.15, 0.2) is 29.2 Å². The maximum atomic E-state index is 12.7. The molecule has 0 fully saturated rings. The minimum atomic E-state index is -4.64. The van der Waals surface area contributed by atoms with E-state index in [0.717, 1.165) is 6.33 Å². The van der Waals surface area contributed by atoms with Crippen molar-refractivity contribution in [1.29, 1.82) is 0 Å². The molecule has 0 bridgehead atoms. The van der Waals surface area contributed by atoms with Gasteiger partial charge in [-0.3, -0.25) is 10.1 Å². The van der Waals surface area contributed by atoms with Crippen molar-refractivity contribution in [2.75, 3.05) is 10.6 Å². The second-order valence-corrected chi connectivity index (χ2v) is 5.71. The van der Waals surface area contributed by atoms with E-state index in [1.54, 1.807) is 6.92 Å². The first-order chi connectivity index (χ1) is 13.1. The molecule has 0 radical (unpaired) electrons. The Hall–Kier alpha value is -3.48. The molecule has 0 unspecified atom stereocenters. The van der Waals surface area contributed by atoms with Gasteiger partial charge in [-0.25, -0.2) is 15.0 Å². The number of hydrogen-bond acceptors (Lipinski definition) is 9. The van der Waals surface area contributed by atoms with Crippen LogP contribution in [0.2, 0.25) is 5.02 Å². The van der Waals surface area contributed by atoms with Gasteiger partial charge in [0.1, 0.15) is 12.1 Å². The van der Waals surface area contributed by atoms with Gasteiger partial charge in [0.25, 0.3) is 0 Å². The van der Waals surface area contributed by atoms with Gasteiger partial charge >= 0.3 is 11.9 Å². The van der Waals surface area contributed by atoms with Crippen molar-refractivity contribution in [2.45, 2.75) is 13.1 Å². The van der Waals surface area contributed by atoms with Crippen LogP contribution in [0.4, 0.5) is 42.1 Å². The quantitative estimate of drug-likeness (QED) is 0.463. The zero-order valence-corrected chi connectivity index (χ0v) is 14.5. The van der Waals surface area contributed by atoms with Crippen molar-refractivity contribution in [3.8, 4) is 0 Å². The molecular formula is C14H9ClF3N7O3. The largest absolute Gasteiger partial charge is 0.417 e. The third kappa shape index (κ3) is 4.09. The van der Waals surface area contributed by atoms with Crippen LogP contribution in [-0.4, -0.2) is 25.0 Å². The summed E-state index contributed by atoms with van der Waals surface area (Å²) in [6.07, 6.45) is -3.09. The van der Waals surface area contributed by atoms with Crippen LogP contribution in [-0.2, 0) is 6.18 Å². The summed E-state index contributed by atoms with van der Waals surface area (Å²) < 4.78 is 43.0. The van der Waals surface area contributed by atoms with Crippen LogP contribution in [0.1, 0.15) is 11.3 Å². The van der Waals surface area contributed by atoms with E-state index in [1.807, 2.05) is 0 Å². The minimum absolute atomic E-state index is 0.163. The second-order valence-electron chi connectivity index (χ2n) is 5.30. The standard InChI is InChI=1S/C14H9ClF3N7O3/c1-6-2-9(24-28-6)22-12-10(25(26)27)13(21-5-20-12)23-11-8(15)3-7(4-19-11)14(16,17)18/h2-5H,1H3,(H2,19,20,21,22,23,24). The zero-order valence-electron chi connectivity index (χ0n) is 13.8.